The number of hydrogen-bond donors (Lipinski definition) is 1. The van der Waals surface area contributed by atoms with Crippen molar-refractivity contribution < 1.29 is 19.3 Å². The summed E-state index contributed by atoms with van der Waals surface area (Å²) in [5.74, 6) is -0.464. The molecule has 0 aliphatic heterocycles. The molecule has 1 aromatic heterocycles. The van der Waals surface area contributed by atoms with Crippen molar-refractivity contribution >= 4 is 5.69 Å². The Morgan fingerprint density at radius 1 is 1.53 bits per heavy atom. The zero-order chi connectivity index (χ0) is 12.4. The molecule has 0 unspecified atom stereocenters. The molecular weight excluding hydrogens is 230 g/mol. The van der Waals surface area contributed by atoms with Gasteiger partial charge in [0, 0.05) is 5.27 Å². The van der Waals surface area contributed by atoms with E-state index in [1.807, 2.05) is 0 Å². The zero-order valence-electron chi connectivity index (χ0n) is 8.65. The van der Waals surface area contributed by atoms with Crippen LogP contribution < -0.4 is 4.74 Å². The number of phenolic OH excluding ortho intramolecular Hbond substituents is 1. The standard InChI is InChI=1S/C9H7N3O5/c1-16-6-3-2-5(7-4-10-11-17-7)8(9(6)13)12(14)15/h2-4,13H,1H3. The average Bonchev–Trinajstić information content (AvgIpc) is 2.81. The Hall–Kier alpha value is -2.64. The van der Waals surface area contributed by atoms with Crippen LogP contribution in [0, 0.1) is 10.1 Å². The van der Waals surface area contributed by atoms with Crippen molar-refractivity contribution in [2.75, 3.05) is 7.11 Å². The lowest BCUT2D eigenvalue weighted by Crippen LogP contribution is -1.94. The van der Waals surface area contributed by atoms with Crippen LogP contribution in [0.5, 0.6) is 11.5 Å². The first-order chi connectivity index (χ1) is 8.15. The molecule has 0 bridgehead atoms. The summed E-state index contributed by atoms with van der Waals surface area (Å²) < 4.78 is 9.51. The van der Waals surface area contributed by atoms with E-state index in [-0.39, 0.29) is 17.1 Å². The van der Waals surface area contributed by atoms with E-state index in [9.17, 15) is 15.2 Å². The van der Waals surface area contributed by atoms with Crippen LogP contribution in [-0.2, 0) is 0 Å². The minimum absolute atomic E-state index is 0.00734. The fourth-order valence-corrected chi connectivity index (χ4v) is 1.40. The van der Waals surface area contributed by atoms with Crippen LogP contribution in [0.1, 0.15) is 0 Å². The Balaban J connectivity index is 2.69. The van der Waals surface area contributed by atoms with Gasteiger partial charge in [-0.1, -0.05) is 0 Å². The van der Waals surface area contributed by atoms with Gasteiger partial charge in [0.1, 0.15) is 5.56 Å². The Bertz CT molecular complexity index is 552. The molecule has 0 amide bonds. The van der Waals surface area contributed by atoms with E-state index < -0.39 is 16.4 Å². The minimum Gasteiger partial charge on any atom is -0.499 e. The van der Waals surface area contributed by atoms with Crippen molar-refractivity contribution in [3.8, 4) is 22.8 Å². The number of rotatable bonds is 3. The molecule has 0 aliphatic rings. The number of ether oxygens (including phenoxy) is 1. The number of hydrogen-bond acceptors (Lipinski definition) is 7. The number of methoxy groups -OCH3 is 1. The van der Waals surface area contributed by atoms with Crippen LogP contribution in [-0.4, -0.2) is 27.5 Å². The van der Waals surface area contributed by atoms with Crippen LogP contribution in [0.4, 0.5) is 5.69 Å². The number of nitrogens with zero attached hydrogens (tertiary/aromatic N) is 3. The van der Waals surface area contributed by atoms with Crippen molar-refractivity contribution in [2.24, 2.45) is 0 Å². The highest BCUT2D eigenvalue weighted by Crippen LogP contribution is 2.42. The second-order valence-electron chi connectivity index (χ2n) is 3.05. The lowest BCUT2D eigenvalue weighted by molar-refractivity contribution is -0.385. The van der Waals surface area contributed by atoms with Gasteiger partial charge in [0.15, 0.2) is 11.5 Å². The number of aromatic hydroxyl groups is 1. The predicted octanol–water partition coefficient (Wildman–Crippen LogP) is 1.36. The van der Waals surface area contributed by atoms with Crippen molar-refractivity contribution in [1.82, 2.24) is 10.4 Å². The van der Waals surface area contributed by atoms with Gasteiger partial charge < -0.3 is 14.4 Å². The van der Waals surface area contributed by atoms with Gasteiger partial charge in [0.05, 0.1) is 18.2 Å². The highest BCUT2D eigenvalue weighted by Gasteiger charge is 2.26. The molecule has 2 rings (SSSR count). The van der Waals surface area contributed by atoms with Crippen LogP contribution in [0.25, 0.3) is 11.3 Å². The smallest absolute Gasteiger partial charge is 0.325 e. The summed E-state index contributed by atoms with van der Waals surface area (Å²) in [6.45, 7) is 0. The van der Waals surface area contributed by atoms with E-state index in [1.54, 1.807) is 0 Å². The molecule has 1 aromatic carbocycles. The Morgan fingerprint density at radius 2 is 2.29 bits per heavy atom. The Kier molecular flexibility index (Phi) is 2.61. The van der Waals surface area contributed by atoms with Crippen molar-refractivity contribution in [3.63, 3.8) is 0 Å². The molecule has 1 heterocycles. The molecule has 0 radical (unpaired) electrons. The maximum absolute atomic E-state index is 10.9. The molecule has 0 atom stereocenters. The van der Waals surface area contributed by atoms with Gasteiger partial charge in [-0.3, -0.25) is 10.1 Å². The fraction of sp³-hybridized carbons (Fsp3) is 0.111. The average molecular weight is 237 g/mol. The van der Waals surface area contributed by atoms with Crippen LogP contribution in [0.2, 0.25) is 0 Å². The molecule has 2 aromatic rings. The monoisotopic (exact) mass is 237 g/mol. The van der Waals surface area contributed by atoms with E-state index in [0.717, 1.165) is 0 Å². The lowest BCUT2D eigenvalue weighted by Gasteiger charge is -2.05. The third-order valence-corrected chi connectivity index (χ3v) is 2.14. The van der Waals surface area contributed by atoms with E-state index in [4.69, 9.17) is 9.26 Å². The van der Waals surface area contributed by atoms with Crippen LogP contribution in [0.15, 0.2) is 22.9 Å². The van der Waals surface area contributed by atoms with Gasteiger partial charge in [0.2, 0.25) is 5.75 Å². The normalized spacial score (nSPS) is 10.2. The maximum Gasteiger partial charge on any atom is 0.325 e. The van der Waals surface area contributed by atoms with Crippen LogP contribution >= 0.6 is 0 Å². The fourth-order valence-electron chi connectivity index (χ4n) is 1.40. The summed E-state index contributed by atoms with van der Waals surface area (Å²) in [4.78, 5) is 10.2. The molecule has 8 heteroatoms. The molecule has 0 fully saturated rings. The van der Waals surface area contributed by atoms with Gasteiger partial charge in [0.25, 0.3) is 0 Å². The topological polar surface area (TPSA) is 112 Å². The highest BCUT2D eigenvalue weighted by atomic mass is 16.6. The van der Waals surface area contributed by atoms with E-state index in [2.05, 4.69) is 10.4 Å². The Labute approximate surface area is 94.6 Å². The van der Waals surface area contributed by atoms with E-state index in [0.29, 0.717) is 0 Å². The second-order valence-corrected chi connectivity index (χ2v) is 3.05. The first kappa shape index (κ1) is 10.9. The summed E-state index contributed by atoms with van der Waals surface area (Å²) in [7, 11) is 1.30. The van der Waals surface area contributed by atoms with Gasteiger partial charge in [-0.25, -0.2) is 0 Å². The highest BCUT2D eigenvalue weighted by molar-refractivity contribution is 5.76. The van der Waals surface area contributed by atoms with Crippen molar-refractivity contribution in [2.45, 2.75) is 0 Å². The summed E-state index contributed by atoms with van der Waals surface area (Å²) >= 11 is 0. The molecule has 0 spiro atoms. The van der Waals surface area contributed by atoms with Crippen LogP contribution in [0.3, 0.4) is 0 Å². The molecule has 17 heavy (non-hydrogen) atoms. The van der Waals surface area contributed by atoms with E-state index in [1.165, 1.54) is 25.4 Å². The molecule has 0 saturated heterocycles. The number of aromatic nitrogens is 2. The number of benzene rings is 1. The molecule has 0 saturated carbocycles. The van der Waals surface area contributed by atoms with Gasteiger partial charge in [-0.15, -0.1) is 5.10 Å². The molecule has 0 aliphatic carbocycles. The van der Waals surface area contributed by atoms with Gasteiger partial charge in [-0.2, -0.15) is 0 Å². The molecule has 1 N–H and O–H groups in total. The second kappa shape index (κ2) is 4.08. The molecule has 8 nitrogen and oxygen atoms in total. The third-order valence-electron chi connectivity index (χ3n) is 2.14. The molecule has 88 valence electrons. The minimum atomic E-state index is -0.726. The van der Waals surface area contributed by atoms with Gasteiger partial charge in [-0.05, 0) is 12.1 Å². The van der Waals surface area contributed by atoms with Gasteiger partial charge >= 0.3 is 5.69 Å². The lowest BCUT2D eigenvalue weighted by atomic mass is 10.1. The quantitative estimate of drug-likeness (QED) is 0.633. The number of nitro benzene ring substituents is 1. The first-order valence-corrected chi connectivity index (χ1v) is 4.47. The van der Waals surface area contributed by atoms with Crippen molar-refractivity contribution in [3.05, 3.63) is 28.4 Å². The largest absolute Gasteiger partial charge is 0.499 e. The molecular formula is C9H7N3O5. The maximum atomic E-state index is 10.9. The summed E-state index contributed by atoms with van der Waals surface area (Å²) in [6, 6.07) is 2.78. The number of nitro groups is 1. The summed E-state index contributed by atoms with van der Waals surface area (Å²) in [5, 5.41) is 27.2. The van der Waals surface area contributed by atoms with Crippen molar-refractivity contribution in [1.29, 1.82) is 0 Å². The SMILES string of the molecule is COc1ccc(-c2cnno2)c([N+](=O)[O-])c1O. The third kappa shape index (κ3) is 1.75. The Morgan fingerprint density at radius 3 is 2.82 bits per heavy atom. The zero-order valence-corrected chi connectivity index (χ0v) is 8.65. The first-order valence-electron chi connectivity index (χ1n) is 4.47. The summed E-state index contributed by atoms with van der Waals surface area (Å²) in [5.41, 5.74) is -0.429. The predicted molar refractivity (Wildman–Crippen MR) is 54.6 cm³/mol. The van der Waals surface area contributed by atoms with E-state index >= 15 is 0 Å². The summed E-state index contributed by atoms with van der Waals surface area (Å²) in [6.07, 6.45) is 1.22. The number of phenols is 1.